The Kier molecular flexibility index (Phi) is 3.42. The highest BCUT2D eigenvalue weighted by Gasteiger charge is 2.34. The summed E-state index contributed by atoms with van der Waals surface area (Å²) in [4.78, 5) is 11.0. The van der Waals surface area contributed by atoms with E-state index in [4.69, 9.17) is 9.84 Å². The first-order valence-corrected chi connectivity index (χ1v) is 7.14. The number of carboxylic acids is 1. The molecule has 1 aromatic carbocycles. The highest BCUT2D eigenvalue weighted by Crippen LogP contribution is 2.43. The molecular formula is C15H19BrO3. The second-order valence-corrected chi connectivity index (χ2v) is 7.29. The molecule has 1 aliphatic heterocycles. The first-order chi connectivity index (χ1) is 8.61. The molecule has 3 nitrogen and oxygen atoms in total. The van der Waals surface area contributed by atoms with Gasteiger partial charge in [-0.3, -0.25) is 4.79 Å². The minimum Gasteiger partial charge on any atom is -0.486 e. The van der Waals surface area contributed by atoms with Crippen molar-refractivity contribution in [1.82, 2.24) is 0 Å². The summed E-state index contributed by atoms with van der Waals surface area (Å²) in [7, 11) is 0. The fourth-order valence-corrected chi connectivity index (χ4v) is 3.12. The molecule has 4 heteroatoms. The molecule has 0 bridgehead atoms. The van der Waals surface area contributed by atoms with Crippen LogP contribution in [0.3, 0.4) is 0 Å². The second kappa shape index (κ2) is 4.51. The van der Waals surface area contributed by atoms with Crippen LogP contribution in [0.1, 0.15) is 45.2 Å². The van der Waals surface area contributed by atoms with E-state index in [0.29, 0.717) is 0 Å². The van der Waals surface area contributed by atoms with Crippen LogP contribution in [-0.4, -0.2) is 16.7 Å². The lowest BCUT2D eigenvalue weighted by atomic mass is 9.80. The molecule has 0 amide bonds. The van der Waals surface area contributed by atoms with Crippen LogP contribution < -0.4 is 4.74 Å². The largest absolute Gasteiger partial charge is 0.486 e. The third kappa shape index (κ3) is 2.94. The van der Waals surface area contributed by atoms with Gasteiger partial charge in [0.15, 0.2) is 0 Å². The highest BCUT2D eigenvalue weighted by molar-refractivity contribution is 9.10. The van der Waals surface area contributed by atoms with Gasteiger partial charge in [0.2, 0.25) is 0 Å². The summed E-state index contributed by atoms with van der Waals surface area (Å²) < 4.78 is 6.82. The molecule has 0 unspecified atom stereocenters. The SMILES string of the molecule is CC1(C)Cc2cc(C(C)(C)CC(=O)O)cc(Br)c2O1. The summed E-state index contributed by atoms with van der Waals surface area (Å²) in [5.74, 6) is 0.109. The van der Waals surface area contributed by atoms with Gasteiger partial charge in [0.05, 0.1) is 10.9 Å². The lowest BCUT2D eigenvalue weighted by Crippen LogP contribution is -2.24. The van der Waals surface area contributed by atoms with E-state index in [1.165, 1.54) is 0 Å². The van der Waals surface area contributed by atoms with Gasteiger partial charge in [0, 0.05) is 11.8 Å². The molecule has 0 aliphatic carbocycles. The predicted molar refractivity (Wildman–Crippen MR) is 77.8 cm³/mol. The number of aliphatic carboxylic acids is 1. The third-order valence-electron chi connectivity index (χ3n) is 3.49. The summed E-state index contributed by atoms with van der Waals surface area (Å²) in [6, 6.07) is 4.06. The maximum Gasteiger partial charge on any atom is 0.304 e. The van der Waals surface area contributed by atoms with Crippen LogP contribution in [0.15, 0.2) is 16.6 Å². The number of fused-ring (bicyclic) bond motifs is 1. The molecule has 0 atom stereocenters. The number of carboxylic acid groups (broad SMARTS) is 1. The summed E-state index contributed by atoms with van der Waals surface area (Å²) in [5.41, 5.74) is 1.59. The van der Waals surface area contributed by atoms with E-state index >= 15 is 0 Å². The molecule has 1 N–H and O–H groups in total. The van der Waals surface area contributed by atoms with Crippen molar-refractivity contribution in [3.8, 4) is 5.75 Å². The van der Waals surface area contributed by atoms with Gasteiger partial charge >= 0.3 is 5.97 Å². The summed E-state index contributed by atoms with van der Waals surface area (Å²) >= 11 is 3.54. The first kappa shape index (κ1) is 14.4. The minimum absolute atomic E-state index is 0.114. The second-order valence-electron chi connectivity index (χ2n) is 6.44. The smallest absolute Gasteiger partial charge is 0.304 e. The van der Waals surface area contributed by atoms with Crippen molar-refractivity contribution in [1.29, 1.82) is 0 Å². The number of ether oxygens (including phenoxy) is 1. The lowest BCUT2D eigenvalue weighted by Gasteiger charge is -2.24. The Morgan fingerprint density at radius 1 is 1.47 bits per heavy atom. The van der Waals surface area contributed by atoms with Crippen LogP contribution in [0.2, 0.25) is 0 Å². The number of rotatable bonds is 3. The molecule has 0 saturated heterocycles. The molecule has 2 rings (SSSR count). The Bertz CT molecular complexity index is 532. The van der Waals surface area contributed by atoms with Crippen LogP contribution in [0.5, 0.6) is 5.75 Å². The first-order valence-electron chi connectivity index (χ1n) is 6.34. The third-order valence-corrected chi connectivity index (χ3v) is 4.08. The van der Waals surface area contributed by atoms with Gasteiger partial charge in [-0.2, -0.15) is 0 Å². The van der Waals surface area contributed by atoms with Crippen molar-refractivity contribution in [3.05, 3.63) is 27.7 Å². The normalized spacial score (nSPS) is 16.9. The van der Waals surface area contributed by atoms with Gasteiger partial charge < -0.3 is 9.84 Å². The van der Waals surface area contributed by atoms with E-state index in [0.717, 1.165) is 27.8 Å². The summed E-state index contributed by atoms with van der Waals surface area (Å²) in [5, 5.41) is 9.02. The molecular weight excluding hydrogens is 308 g/mol. The maximum absolute atomic E-state index is 11.0. The molecule has 1 heterocycles. The average molecular weight is 327 g/mol. The Balaban J connectivity index is 2.42. The molecule has 0 fully saturated rings. The fourth-order valence-electron chi connectivity index (χ4n) is 2.54. The van der Waals surface area contributed by atoms with Crippen LogP contribution in [-0.2, 0) is 16.6 Å². The van der Waals surface area contributed by atoms with Crippen molar-refractivity contribution >= 4 is 21.9 Å². The number of hydrogen-bond donors (Lipinski definition) is 1. The van der Waals surface area contributed by atoms with E-state index < -0.39 is 11.4 Å². The monoisotopic (exact) mass is 326 g/mol. The highest BCUT2D eigenvalue weighted by atomic mass is 79.9. The number of halogens is 1. The van der Waals surface area contributed by atoms with Crippen molar-refractivity contribution in [2.24, 2.45) is 0 Å². The van der Waals surface area contributed by atoms with Gasteiger partial charge in [0.1, 0.15) is 11.4 Å². The van der Waals surface area contributed by atoms with Crippen molar-refractivity contribution in [2.75, 3.05) is 0 Å². The Morgan fingerprint density at radius 3 is 2.68 bits per heavy atom. The van der Waals surface area contributed by atoms with Crippen molar-refractivity contribution in [3.63, 3.8) is 0 Å². The van der Waals surface area contributed by atoms with Crippen LogP contribution in [0, 0.1) is 0 Å². The van der Waals surface area contributed by atoms with Gasteiger partial charge in [-0.1, -0.05) is 19.9 Å². The van der Waals surface area contributed by atoms with E-state index in [1.54, 1.807) is 0 Å². The minimum atomic E-state index is -0.779. The molecule has 0 spiro atoms. The van der Waals surface area contributed by atoms with E-state index in [1.807, 2.05) is 19.9 Å². The Labute approximate surface area is 122 Å². The molecule has 0 saturated carbocycles. The summed E-state index contributed by atoms with van der Waals surface area (Å²) in [6.45, 7) is 8.02. The van der Waals surface area contributed by atoms with E-state index in [-0.39, 0.29) is 12.0 Å². The Hall–Kier alpha value is -1.03. The average Bonchev–Trinajstić information content (AvgIpc) is 2.51. The molecule has 104 valence electrons. The van der Waals surface area contributed by atoms with Crippen molar-refractivity contribution < 1.29 is 14.6 Å². The summed E-state index contributed by atoms with van der Waals surface area (Å²) in [6.07, 6.45) is 0.959. The molecule has 1 aliphatic rings. The van der Waals surface area contributed by atoms with Gasteiger partial charge in [-0.05, 0) is 47.0 Å². The molecule has 0 radical (unpaired) electrons. The fraction of sp³-hybridized carbons (Fsp3) is 0.533. The van der Waals surface area contributed by atoms with Crippen LogP contribution >= 0.6 is 15.9 Å². The Morgan fingerprint density at radius 2 is 2.11 bits per heavy atom. The number of benzene rings is 1. The topological polar surface area (TPSA) is 46.5 Å². The lowest BCUT2D eigenvalue weighted by molar-refractivity contribution is -0.138. The van der Waals surface area contributed by atoms with Crippen LogP contribution in [0.4, 0.5) is 0 Å². The predicted octanol–water partition coefficient (Wildman–Crippen LogP) is 3.91. The van der Waals surface area contributed by atoms with Gasteiger partial charge in [-0.25, -0.2) is 0 Å². The zero-order valence-electron chi connectivity index (χ0n) is 11.7. The van der Waals surface area contributed by atoms with Gasteiger partial charge in [-0.15, -0.1) is 0 Å². The zero-order chi connectivity index (χ0) is 14.4. The molecule has 1 aromatic rings. The quantitative estimate of drug-likeness (QED) is 0.915. The van der Waals surface area contributed by atoms with Gasteiger partial charge in [0.25, 0.3) is 0 Å². The van der Waals surface area contributed by atoms with Crippen LogP contribution in [0.25, 0.3) is 0 Å². The number of hydrogen-bond acceptors (Lipinski definition) is 2. The van der Waals surface area contributed by atoms with E-state index in [2.05, 4.69) is 35.8 Å². The van der Waals surface area contributed by atoms with E-state index in [9.17, 15) is 4.79 Å². The zero-order valence-corrected chi connectivity index (χ0v) is 13.3. The molecule has 0 aromatic heterocycles. The maximum atomic E-state index is 11.0. The molecule has 19 heavy (non-hydrogen) atoms. The standard InChI is InChI=1S/C15H19BrO3/c1-14(2,8-12(17)18)10-5-9-7-15(3,4)19-13(9)11(16)6-10/h5-6H,7-8H2,1-4H3,(H,17,18). The number of carbonyl (C=O) groups is 1. The van der Waals surface area contributed by atoms with Crippen molar-refractivity contribution in [2.45, 2.75) is 51.6 Å².